The fraction of sp³-hybridized carbons (Fsp3) is 0.357. The summed E-state index contributed by atoms with van der Waals surface area (Å²) in [5.74, 6) is 0.841. The molecule has 5 heteroatoms. The number of hydrogen-bond donors (Lipinski definition) is 1. The number of benzene rings is 1. The third kappa shape index (κ3) is 4.20. The number of hydrogen-bond acceptors (Lipinski definition) is 4. The molecule has 0 radical (unpaired) electrons. The molecule has 102 valence electrons. The second-order valence-corrected chi connectivity index (χ2v) is 5.80. The zero-order valence-corrected chi connectivity index (χ0v) is 12.6. The van der Waals surface area contributed by atoms with Gasteiger partial charge in [-0.1, -0.05) is 11.6 Å². The summed E-state index contributed by atoms with van der Waals surface area (Å²) in [4.78, 5) is 5.85. The van der Waals surface area contributed by atoms with Crippen molar-refractivity contribution in [1.29, 1.82) is 0 Å². The molecule has 3 nitrogen and oxygen atoms in total. The first-order valence-corrected chi connectivity index (χ1v) is 7.36. The van der Waals surface area contributed by atoms with Gasteiger partial charge in [-0.05, 0) is 38.2 Å². The monoisotopic (exact) mass is 296 g/mol. The Morgan fingerprint density at radius 2 is 2.05 bits per heavy atom. The summed E-state index contributed by atoms with van der Waals surface area (Å²) in [5, 5.41) is 5.00. The van der Waals surface area contributed by atoms with Gasteiger partial charge in [0, 0.05) is 22.9 Å². The summed E-state index contributed by atoms with van der Waals surface area (Å²) in [6.07, 6.45) is 0.831. The molecule has 0 aliphatic carbocycles. The minimum absolute atomic E-state index is 0.633. The maximum atomic E-state index is 5.82. The molecule has 19 heavy (non-hydrogen) atoms. The van der Waals surface area contributed by atoms with Crippen LogP contribution in [0.25, 0.3) is 0 Å². The summed E-state index contributed by atoms with van der Waals surface area (Å²) in [5.41, 5.74) is 1.11. The van der Waals surface area contributed by atoms with Crippen LogP contribution < -0.4 is 10.1 Å². The van der Waals surface area contributed by atoms with Crippen LogP contribution in [0.3, 0.4) is 0 Å². The second-order valence-electron chi connectivity index (χ2n) is 4.20. The van der Waals surface area contributed by atoms with Crippen LogP contribution >= 0.6 is 22.9 Å². The predicted octanol–water partition coefficient (Wildman–Crippen LogP) is 3.45. The Kier molecular flexibility index (Phi) is 5.19. The maximum absolute atomic E-state index is 5.82. The predicted molar refractivity (Wildman–Crippen MR) is 80.3 cm³/mol. The van der Waals surface area contributed by atoms with Crippen molar-refractivity contribution in [3.63, 3.8) is 0 Å². The molecular formula is C14H17ClN2OS. The van der Waals surface area contributed by atoms with Gasteiger partial charge in [0.2, 0.25) is 0 Å². The third-order valence-corrected chi connectivity index (χ3v) is 4.14. The molecule has 1 N–H and O–H groups in total. The van der Waals surface area contributed by atoms with Crippen molar-refractivity contribution in [2.24, 2.45) is 0 Å². The zero-order valence-electron chi connectivity index (χ0n) is 11.1. The lowest BCUT2D eigenvalue weighted by Crippen LogP contribution is -2.04. The molecule has 0 spiro atoms. The summed E-state index contributed by atoms with van der Waals surface area (Å²) in [6, 6.07) is 7.41. The quantitative estimate of drug-likeness (QED) is 0.886. The van der Waals surface area contributed by atoms with Gasteiger partial charge in [0.05, 0.1) is 17.3 Å². The van der Waals surface area contributed by atoms with E-state index in [1.807, 2.05) is 38.2 Å². The number of aryl methyl sites for hydroxylation is 1. The Morgan fingerprint density at radius 3 is 2.74 bits per heavy atom. The lowest BCUT2D eigenvalue weighted by atomic mass is 10.3. The summed E-state index contributed by atoms with van der Waals surface area (Å²) in [7, 11) is 1.95. The van der Waals surface area contributed by atoms with Gasteiger partial charge in [0.15, 0.2) is 0 Å². The molecule has 0 aliphatic rings. The number of thiazole rings is 1. The van der Waals surface area contributed by atoms with E-state index in [-0.39, 0.29) is 0 Å². The zero-order chi connectivity index (χ0) is 13.7. The van der Waals surface area contributed by atoms with Gasteiger partial charge < -0.3 is 10.1 Å². The van der Waals surface area contributed by atoms with E-state index in [4.69, 9.17) is 16.3 Å². The van der Waals surface area contributed by atoms with Gasteiger partial charge in [0.25, 0.3) is 0 Å². The van der Waals surface area contributed by atoms with Gasteiger partial charge in [-0.2, -0.15) is 0 Å². The Balaban J connectivity index is 1.85. The molecule has 0 atom stereocenters. The molecule has 2 rings (SSSR count). The Bertz CT molecular complexity index is 525. The van der Waals surface area contributed by atoms with Crippen LogP contribution in [-0.2, 0) is 13.0 Å². The highest BCUT2D eigenvalue weighted by molar-refractivity contribution is 7.11. The lowest BCUT2D eigenvalue weighted by molar-refractivity contribution is 0.321. The maximum Gasteiger partial charge on any atom is 0.119 e. The van der Waals surface area contributed by atoms with Crippen molar-refractivity contribution in [3.05, 3.63) is 44.9 Å². The second kappa shape index (κ2) is 6.89. The molecule has 1 aromatic heterocycles. The van der Waals surface area contributed by atoms with Crippen molar-refractivity contribution >= 4 is 22.9 Å². The minimum Gasteiger partial charge on any atom is -0.493 e. The molecule has 0 amide bonds. The first-order chi connectivity index (χ1) is 9.19. The van der Waals surface area contributed by atoms with Gasteiger partial charge in [-0.15, -0.1) is 11.3 Å². The van der Waals surface area contributed by atoms with E-state index < -0.39 is 0 Å². The topological polar surface area (TPSA) is 34.1 Å². The highest BCUT2D eigenvalue weighted by atomic mass is 35.5. The van der Waals surface area contributed by atoms with Crippen LogP contribution in [-0.4, -0.2) is 18.6 Å². The number of nitrogens with one attached hydrogen (secondary N) is 1. The molecule has 2 aromatic rings. The number of rotatable bonds is 6. The number of nitrogens with zero attached hydrogens (tertiary/aromatic N) is 1. The van der Waals surface area contributed by atoms with E-state index in [9.17, 15) is 0 Å². The highest BCUT2D eigenvalue weighted by Gasteiger charge is 2.06. The Labute approximate surface area is 122 Å². The Morgan fingerprint density at radius 1 is 1.32 bits per heavy atom. The van der Waals surface area contributed by atoms with Crippen molar-refractivity contribution in [2.45, 2.75) is 19.9 Å². The third-order valence-electron chi connectivity index (χ3n) is 2.67. The Hall–Kier alpha value is -1.10. The molecule has 0 fully saturated rings. The molecule has 0 aliphatic heterocycles. The normalized spacial score (nSPS) is 10.7. The number of aromatic nitrogens is 1. The first kappa shape index (κ1) is 14.3. The molecule has 0 saturated heterocycles. The standard InChI is InChI=1S/C14H17ClN2OS/c1-10-13(9-16-2)19-14(17-10)7-8-18-12-5-3-11(15)4-6-12/h3-6,16H,7-9H2,1-2H3. The van der Waals surface area contributed by atoms with E-state index in [0.29, 0.717) is 6.61 Å². The van der Waals surface area contributed by atoms with Crippen molar-refractivity contribution in [3.8, 4) is 5.75 Å². The van der Waals surface area contributed by atoms with E-state index >= 15 is 0 Å². The molecule has 0 saturated carbocycles. The van der Waals surface area contributed by atoms with Gasteiger partial charge in [-0.25, -0.2) is 4.98 Å². The number of ether oxygens (including phenoxy) is 1. The lowest BCUT2D eigenvalue weighted by Gasteiger charge is -2.04. The van der Waals surface area contributed by atoms with E-state index in [2.05, 4.69) is 10.3 Å². The minimum atomic E-state index is 0.633. The number of halogens is 1. The highest BCUT2D eigenvalue weighted by Crippen LogP contribution is 2.19. The summed E-state index contributed by atoms with van der Waals surface area (Å²) < 4.78 is 5.67. The van der Waals surface area contributed by atoms with Crippen LogP contribution in [0.1, 0.15) is 15.6 Å². The van der Waals surface area contributed by atoms with Crippen LogP contribution in [0, 0.1) is 6.92 Å². The smallest absolute Gasteiger partial charge is 0.119 e. The van der Waals surface area contributed by atoms with Crippen molar-refractivity contribution in [2.75, 3.05) is 13.7 Å². The molecular weight excluding hydrogens is 280 g/mol. The van der Waals surface area contributed by atoms with Crippen molar-refractivity contribution in [1.82, 2.24) is 10.3 Å². The van der Waals surface area contributed by atoms with Gasteiger partial charge in [0.1, 0.15) is 5.75 Å². The van der Waals surface area contributed by atoms with Gasteiger partial charge in [-0.3, -0.25) is 0 Å². The SMILES string of the molecule is CNCc1sc(CCOc2ccc(Cl)cc2)nc1C. The fourth-order valence-corrected chi connectivity index (χ4v) is 2.90. The summed E-state index contributed by atoms with van der Waals surface area (Å²) in [6.45, 7) is 3.56. The molecule has 0 unspecified atom stereocenters. The van der Waals surface area contributed by atoms with E-state index in [1.165, 1.54) is 4.88 Å². The fourth-order valence-electron chi connectivity index (χ4n) is 1.71. The van der Waals surface area contributed by atoms with Crippen LogP contribution in [0.2, 0.25) is 5.02 Å². The van der Waals surface area contributed by atoms with Gasteiger partial charge >= 0.3 is 0 Å². The van der Waals surface area contributed by atoms with Crippen LogP contribution in [0.4, 0.5) is 0 Å². The van der Waals surface area contributed by atoms with Crippen molar-refractivity contribution < 1.29 is 4.74 Å². The first-order valence-electron chi connectivity index (χ1n) is 6.17. The average molecular weight is 297 g/mol. The van der Waals surface area contributed by atoms with Crippen LogP contribution in [0.5, 0.6) is 5.75 Å². The van der Waals surface area contributed by atoms with E-state index in [0.717, 1.165) is 34.4 Å². The molecule has 0 bridgehead atoms. The molecule has 1 heterocycles. The molecule has 1 aromatic carbocycles. The summed E-state index contributed by atoms with van der Waals surface area (Å²) >= 11 is 7.57. The van der Waals surface area contributed by atoms with E-state index in [1.54, 1.807) is 11.3 Å². The largest absolute Gasteiger partial charge is 0.493 e. The van der Waals surface area contributed by atoms with Crippen LogP contribution in [0.15, 0.2) is 24.3 Å². The average Bonchev–Trinajstić information content (AvgIpc) is 2.73.